The van der Waals surface area contributed by atoms with Crippen LogP contribution in [-0.2, 0) is 4.79 Å². The molecule has 0 amide bonds. The van der Waals surface area contributed by atoms with Gasteiger partial charge in [-0.25, -0.2) is 9.59 Å². The van der Waals surface area contributed by atoms with Crippen LogP contribution in [0.3, 0.4) is 0 Å². The van der Waals surface area contributed by atoms with Crippen LogP contribution in [0, 0.1) is 0 Å². The van der Waals surface area contributed by atoms with E-state index in [1.807, 2.05) is 0 Å². The average molecular weight is 241 g/mol. The van der Waals surface area contributed by atoms with Crippen molar-refractivity contribution in [1.82, 2.24) is 0 Å². The fourth-order valence-electron chi connectivity index (χ4n) is 1.20. The highest BCUT2D eigenvalue weighted by atomic mass is 16.4. The zero-order valence-electron chi connectivity index (χ0n) is 8.17. The fourth-order valence-corrected chi connectivity index (χ4v) is 1.20. The minimum Gasteiger partial charge on any atom is -0.504 e. The van der Waals surface area contributed by atoms with E-state index < -0.39 is 46.0 Å². The van der Waals surface area contributed by atoms with Gasteiger partial charge < -0.3 is 26.2 Å². The van der Waals surface area contributed by atoms with E-state index in [2.05, 4.69) is 0 Å². The number of benzene rings is 1. The number of aliphatic carboxylic acids is 1. The van der Waals surface area contributed by atoms with Crippen molar-refractivity contribution in [2.24, 2.45) is 0 Å². The van der Waals surface area contributed by atoms with Crippen LogP contribution in [0.2, 0.25) is 0 Å². The summed E-state index contributed by atoms with van der Waals surface area (Å²) in [5.41, 5.74) is 2.74. The Hall–Kier alpha value is -2.77. The number of ketones is 1. The number of nitrogens with two attached hydrogens (primary N) is 1. The summed E-state index contributed by atoms with van der Waals surface area (Å²) < 4.78 is 0. The number of aromatic hydroxyl groups is 2. The zero-order valence-corrected chi connectivity index (χ0v) is 8.17. The number of aromatic carboxylic acids is 1. The molecule has 0 aliphatic rings. The average Bonchev–Trinajstić information content (AvgIpc) is 2.23. The van der Waals surface area contributed by atoms with Gasteiger partial charge in [0.25, 0.3) is 5.78 Å². The maximum Gasteiger partial charge on any atom is 0.377 e. The molecule has 1 aromatic rings. The standard InChI is InChI=1S/C9H7NO7/c10-5-4(8(14)15)2(6(12)9(16)17)1-3(11)7(5)13/h1,11,13H,10H2,(H,14,15)(H,16,17). The van der Waals surface area contributed by atoms with Gasteiger partial charge in [0.05, 0.1) is 16.8 Å². The van der Waals surface area contributed by atoms with Gasteiger partial charge in [-0.15, -0.1) is 0 Å². The Morgan fingerprint density at radius 2 is 1.65 bits per heavy atom. The van der Waals surface area contributed by atoms with Gasteiger partial charge in [0.1, 0.15) is 0 Å². The first kappa shape index (κ1) is 12.3. The first-order valence-electron chi connectivity index (χ1n) is 4.12. The lowest BCUT2D eigenvalue weighted by atomic mass is 10.0. The van der Waals surface area contributed by atoms with Crippen molar-refractivity contribution in [1.29, 1.82) is 0 Å². The molecule has 0 saturated carbocycles. The van der Waals surface area contributed by atoms with E-state index in [-0.39, 0.29) is 0 Å². The predicted octanol–water partition coefficient (Wildman–Crippen LogP) is -0.355. The lowest BCUT2D eigenvalue weighted by Gasteiger charge is -2.09. The quantitative estimate of drug-likeness (QED) is 0.208. The number of carbonyl (C=O) groups excluding carboxylic acids is 1. The van der Waals surface area contributed by atoms with Crippen LogP contribution in [0.1, 0.15) is 20.7 Å². The zero-order chi connectivity index (χ0) is 13.3. The molecule has 1 rings (SSSR count). The second-order valence-corrected chi connectivity index (χ2v) is 3.02. The Labute approximate surface area is 93.5 Å². The number of hydrogen-bond acceptors (Lipinski definition) is 6. The number of hydrogen-bond donors (Lipinski definition) is 5. The van der Waals surface area contributed by atoms with Crippen LogP contribution in [0.5, 0.6) is 11.5 Å². The second kappa shape index (κ2) is 4.00. The summed E-state index contributed by atoms with van der Waals surface area (Å²) in [5.74, 6) is -6.95. The Balaban J connectivity index is 3.65. The van der Waals surface area contributed by atoms with E-state index in [1.165, 1.54) is 0 Å². The van der Waals surface area contributed by atoms with Crippen LogP contribution in [0.25, 0.3) is 0 Å². The van der Waals surface area contributed by atoms with Gasteiger partial charge in [-0.1, -0.05) is 0 Å². The lowest BCUT2D eigenvalue weighted by molar-refractivity contribution is -0.131. The van der Waals surface area contributed by atoms with Gasteiger partial charge in [-0.3, -0.25) is 4.79 Å². The molecule has 0 heterocycles. The number of nitrogen functional groups attached to an aromatic ring is 1. The monoisotopic (exact) mass is 241 g/mol. The van der Waals surface area contributed by atoms with Gasteiger partial charge in [0.2, 0.25) is 0 Å². The maximum atomic E-state index is 11.2. The molecule has 0 aliphatic carbocycles. The minimum absolute atomic E-state index is 0.533. The van der Waals surface area contributed by atoms with E-state index in [9.17, 15) is 19.5 Å². The summed E-state index contributed by atoms with van der Waals surface area (Å²) in [6.07, 6.45) is 0. The van der Waals surface area contributed by atoms with E-state index in [1.54, 1.807) is 0 Å². The van der Waals surface area contributed by atoms with E-state index >= 15 is 0 Å². The predicted molar refractivity (Wildman–Crippen MR) is 53.1 cm³/mol. The van der Waals surface area contributed by atoms with Crippen LogP contribution in [0.4, 0.5) is 5.69 Å². The number of carboxylic acids is 2. The third kappa shape index (κ3) is 1.95. The van der Waals surface area contributed by atoms with Crippen molar-refractivity contribution in [2.75, 3.05) is 5.73 Å². The molecule has 0 atom stereocenters. The molecule has 0 aliphatic heterocycles. The fraction of sp³-hybridized carbons (Fsp3) is 0. The Kier molecular flexibility index (Phi) is 2.90. The second-order valence-electron chi connectivity index (χ2n) is 3.02. The molecule has 0 unspecified atom stereocenters. The van der Waals surface area contributed by atoms with E-state index in [0.717, 1.165) is 0 Å². The normalized spacial score (nSPS) is 9.88. The summed E-state index contributed by atoms with van der Waals surface area (Å²) in [6.45, 7) is 0. The topological polar surface area (TPSA) is 158 Å². The lowest BCUT2D eigenvalue weighted by Crippen LogP contribution is -2.18. The smallest absolute Gasteiger partial charge is 0.377 e. The Morgan fingerprint density at radius 3 is 2.06 bits per heavy atom. The number of rotatable bonds is 3. The number of carboxylic acid groups (broad SMARTS) is 2. The molecular formula is C9H7NO7. The largest absolute Gasteiger partial charge is 0.504 e. The number of carbonyl (C=O) groups is 3. The van der Waals surface area contributed by atoms with Crippen LogP contribution < -0.4 is 5.73 Å². The minimum atomic E-state index is -1.91. The van der Waals surface area contributed by atoms with Crippen molar-refractivity contribution in [2.45, 2.75) is 0 Å². The van der Waals surface area contributed by atoms with Gasteiger partial charge in [-0.05, 0) is 6.07 Å². The van der Waals surface area contributed by atoms with Gasteiger partial charge in [-0.2, -0.15) is 0 Å². The molecule has 0 bridgehead atoms. The molecule has 0 radical (unpaired) electrons. The molecule has 0 fully saturated rings. The summed E-state index contributed by atoms with van der Waals surface area (Å²) >= 11 is 0. The van der Waals surface area contributed by atoms with Gasteiger partial charge >= 0.3 is 11.9 Å². The summed E-state index contributed by atoms with van der Waals surface area (Å²) in [7, 11) is 0. The van der Waals surface area contributed by atoms with E-state index in [4.69, 9.17) is 21.1 Å². The number of phenolic OH excluding ortho intramolecular Hbond substituents is 2. The van der Waals surface area contributed by atoms with E-state index in [0.29, 0.717) is 6.07 Å². The third-order valence-corrected chi connectivity index (χ3v) is 1.97. The van der Waals surface area contributed by atoms with Crippen molar-refractivity contribution >= 4 is 23.4 Å². The third-order valence-electron chi connectivity index (χ3n) is 1.97. The van der Waals surface area contributed by atoms with Crippen LogP contribution >= 0.6 is 0 Å². The summed E-state index contributed by atoms with van der Waals surface area (Å²) in [5, 5.41) is 35.6. The molecule has 8 nitrogen and oxygen atoms in total. The Bertz CT molecular complexity index is 535. The molecule has 0 saturated heterocycles. The molecule has 8 heteroatoms. The molecule has 0 spiro atoms. The highest BCUT2D eigenvalue weighted by Gasteiger charge is 2.27. The van der Waals surface area contributed by atoms with Crippen molar-refractivity contribution in [3.05, 3.63) is 17.2 Å². The molecule has 0 aromatic heterocycles. The maximum absolute atomic E-state index is 11.2. The molecule has 6 N–H and O–H groups in total. The summed E-state index contributed by atoms with van der Waals surface area (Å²) in [6, 6.07) is 0.533. The van der Waals surface area contributed by atoms with Crippen molar-refractivity contribution < 1.29 is 34.8 Å². The highest BCUT2D eigenvalue weighted by molar-refractivity contribution is 6.41. The molecule has 90 valence electrons. The number of Topliss-reactive ketones (excluding diaryl/α,β-unsaturated/α-hetero) is 1. The van der Waals surface area contributed by atoms with Crippen molar-refractivity contribution in [3.8, 4) is 11.5 Å². The first-order chi connectivity index (χ1) is 7.77. The number of anilines is 1. The van der Waals surface area contributed by atoms with Gasteiger partial charge in [0, 0.05) is 0 Å². The molecular weight excluding hydrogens is 234 g/mol. The Morgan fingerprint density at radius 1 is 1.12 bits per heavy atom. The van der Waals surface area contributed by atoms with Gasteiger partial charge in [0.15, 0.2) is 11.5 Å². The highest BCUT2D eigenvalue weighted by Crippen LogP contribution is 2.36. The van der Waals surface area contributed by atoms with Crippen molar-refractivity contribution in [3.63, 3.8) is 0 Å². The number of phenols is 2. The first-order valence-corrected chi connectivity index (χ1v) is 4.12. The van der Waals surface area contributed by atoms with Crippen LogP contribution in [-0.4, -0.2) is 38.1 Å². The molecule has 17 heavy (non-hydrogen) atoms. The molecule has 1 aromatic carbocycles. The van der Waals surface area contributed by atoms with Crippen LogP contribution in [0.15, 0.2) is 6.07 Å². The SMILES string of the molecule is Nc1c(O)c(O)cc(C(=O)C(=O)O)c1C(=O)O. The summed E-state index contributed by atoms with van der Waals surface area (Å²) in [4.78, 5) is 32.4.